The summed E-state index contributed by atoms with van der Waals surface area (Å²) < 4.78 is 29.7. The van der Waals surface area contributed by atoms with E-state index in [1.54, 1.807) is 13.8 Å². The molecule has 0 bridgehead atoms. The van der Waals surface area contributed by atoms with Crippen molar-refractivity contribution in [1.82, 2.24) is 10.6 Å². The number of nitrogens with two attached hydrogens (primary N) is 2. The standard InChI is InChI=1S/C12H26N4O11P2/c1-6(2)3-8(15-11(18)7(13)4-26-28(20,21)22)12(19)16-9(10(14)17)5-27-29(23,24)25/h6-9H,3-5,13H2,1-2H3,(H2,14,17)(H,15,18)(H,16,19)(H2,20,21,22)(H2,23,24,25)/t7-,8-,9-/m0/s1. The molecule has 0 rings (SSSR count). The maximum absolute atomic E-state index is 12.4. The van der Waals surface area contributed by atoms with Crippen molar-refractivity contribution in [1.29, 1.82) is 0 Å². The number of nitrogens with one attached hydrogen (secondary N) is 2. The van der Waals surface area contributed by atoms with Crippen LogP contribution in [0, 0.1) is 5.92 Å². The van der Waals surface area contributed by atoms with Gasteiger partial charge >= 0.3 is 15.6 Å². The van der Waals surface area contributed by atoms with Crippen LogP contribution in [0.1, 0.15) is 20.3 Å². The fourth-order valence-electron chi connectivity index (χ4n) is 1.87. The molecule has 0 unspecified atom stereocenters. The molecule has 0 fully saturated rings. The summed E-state index contributed by atoms with van der Waals surface area (Å²) in [7, 11) is -9.78. The van der Waals surface area contributed by atoms with Crippen molar-refractivity contribution in [2.45, 2.75) is 38.4 Å². The lowest BCUT2D eigenvalue weighted by atomic mass is 10.0. The normalized spacial score (nSPS) is 15.4. The Hall–Kier alpha value is -1.41. The first-order valence-electron chi connectivity index (χ1n) is 8.07. The third-order valence-electron chi connectivity index (χ3n) is 3.17. The number of primary amides is 1. The van der Waals surface area contributed by atoms with Crippen LogP contribution in [0.4, 0.5) is 0 Å². The molecule has 0 aromatic heterocycles. The Morgan fingerprint density at radius 2 is 1.34 bits per heavy atom. The van der Waals surface area contributed by atoms with Gasteiger partial charge in [-0.3, -0.25) is 23.4 Å². The smallest absolute Gasteiger partial charge is 0.368 e. The molecule has 0 saturated carbocycles. The number of carbonyl (C=O) groups excluding carboxylic acids is 3. The number of carbonyl (C=O) groups is 3. The Labute approximate surface area is 166 Å². The zero-order valence-corrected chi connectivity index (χ0v) is 17.4. The second-order valence-corrected chi connectivity index (χ2v) is 8.81. The molecule has 10 N–H and O–H groups in total. The van der Waals surface area contributed by atoms with Crippen molar-refractivity contribution in [2.75, 3.05) is 13.2 Å². The summed E-state index contributed by atoms with van der Waals surface area (Å²) in [6, 6.07) is -4.37. The van der Waals surface area contributed by atoms with Crippen LogP contribution in [0.3, 0.4) is 0 Å². The lowest BCUT2D eigenvalue weighted by Crippen LogP contribution is -2.57. The van der Waals surface area contributed by atoms with Gasteiger partial charge in [-0.1, -0.05) is 13.8 Å². The average Bonchev–Trinajstić information content (AvgIpc) is 2.53. The molecule has 0 aliphatic rings. The summed E-state index contributed by atoms with van der Waals surface area (Å²) in [5.74, 6) is -3.17. The largest absolute Gasteiger partial charge is 0.469 e. The average molecular weight is 464 g/mol. The Balaban J connectivity index is 5.11. The van der Waals surface area contributed by atoms with Gasteiger partial charge in [-0.25, -0.2) is 9.13 Å². The van der Waals surface area contributed by atoms with Crippen molar-refractivity contribution >= 4 is 33.4 Å². The highest BCUT2D eigenvalue weighted by Crippen LogP contribution is 2.36. The minimum atomic E-state index is -4.93. The Kier molecular flexibility index (Phi) is 11.1. The predicted octanol–water partition coefficient (Wildman–Crippen LogP) is -2.97. The van der Waals surface area contributed by atoms with E-state index in [-0.39, 0.29) is 12.3 Å². The van der Waals surface area contributed by atoms with E-state index in [1.807, 2.05) is 0 Å². The number of phosphoric ester groups is 2. The van der Waals surface area contributed by atoms with E-state index in [4.69, 9.17) is 31.0 Å². The molecule has 29 heavy (non-hydrogen) atoms. The Morgan fingerprint density at radius 3 is 1.76 bits per heavy atom. The third kappa shape index (κ3) is 13.4. The topological polar surface area (TPSA) is 261 Å². The molecule has 0 spiro atoms. The highest BCUT2D eigenvalue weighted by molar-refractivity contribution is 7.46. The summed E-state index contributed by atoms with van der Waals surface area (Å²) in [5, 5.41) is 4.35. The minimum absolute atomic E-state index is 0.0640. The predicted molar refractivity (Wildman–Crippen MR) is 96.5 cm³/mol. The van der Waals surface area contributed by atoms with Crippen LogP contribution in [0.5, 0.6) is 0 Å². The quantitative estimate of drug-likeness (QED) is 0.127. The molecule has 0 aliphatic carbocycles. The fraction of sp³-hybridized carbons (Fsp3) is 0.750. The van der Waals surface area contributed by atoms with E-state index < -0.39 is 64.7 Å². The van der Waals surface area contributed by atoms with Gasteiger partial charge in [-0.05, 0) is 12.3 Å². The summed E-state index contributed by atoms with van der Waals surface area (Å²) in [6.07, 6.45) is 0.0640. The Bertz CT molecular complexity index is 677. The minimum Gasteiger partial charge on any atom is -0.368 e. The van der Waals surface area contributed by atoms with Crippen LogP contribution in [0.2, 0.25) is 0 Å². The summed E-state index contributed by atoms with van der Waals surface area (Å²) in [4.78, 5) is 70.5. The molecule has 0 radical (unpaired) electrons. The summed E-state index contributed by atoms with van der Waals surface area (Å²) in [5.41, 5.74) is 10.5. The van der Waals surface area contributed by atoms with E-state index in [2.05, 4.69) is 19.7 Å². The van der Waals surface area contributed by atoms with Gasteiger partial charge in [0, 0.05) is 0 Å². The van der Waals surface area contributed by atoms with Crippen LogP contribution in [0.25, 0.3) is 0 Å². The van der Waals surface area contributed by atoms with Gasteiger partial charge in [-0.15, -0.1) is 0 Å². The molecule has 0 heterocycles. The number of hydrogen-bond acceptors (Lipinski definition) is 8. The SMILES string of the molecule is CC(C)C[C@H](NC(=O)[C@@H](N)COP(=O)(O)O)C(=O)N[C@@H](COP(=O)(O)O)C(N)=O. The second-order valence-electron chi connectivity index (χ2n) is 6.33. The monoisotopic (exact) mass is 464 g/mol. The van der Waals surface area contributed by atoms with E-state index in [0.717, 1.165) is 0 Å². The first-order chi connectivity index (χ1) is 13.0. The second kappa shape index (κ2) is 11.7. The van der Waals surface area contributed by atoms with Crippen LogP contribution in [-0.2, 0) is 32.6 Å². The highest BCUT2D eigenvalue weighted by atomic mass is 31.2. The number of rotatable bonds is 13. The lowest BCUT2D eigenvalue weighted by Gasteiger charge is -2.24. The molecular weight excluding hydrogens is 438 g/mol. The fourth-order valence-corrected chi connectivity index (χ4v) is 2.57. The Morgan fingerprint density at radius 1 is 0.897 bits per heavy atom. The summed E-state index contributed by atoms with van der Waals surface area (Å²) in [6.45, 7) is 1.69. The van der Waals surface area contributed by atoms with Gasteiger partial charge < -0.3 is 41.7 Å². The van der Waals surface area contributed by atoms with Crippen LogP contribution >= 0.6 is 15.6 Å². The van der Waals surface area contributed by atoms with Gasteiger partial charge in [0.15, 0.2) is 0 Å². The van der Waals surface area contributed by atoms with Crippen molar-refractivity contribution < 1.29 is 52.1 Å². The van der Waals surface area contributed by atoms with Gasteiger partial charge in [0.05, 0.1) is 13.2 Å². The molecule has 3 amide bonds. The van der Waals surface area contributed by atoms with Gasteiger partial charge in [0.1, 0.15) is 18.1 Å². The van der Waals surface area contributed by atoms with E-state index in [0.29, 0.717) is 0 Å². The first kappa shape index (κ1) is 27.6. The maximum Gasteiger partial charge on any atom is 0.469 e. The molecule has 0 saturated heterocycles. The van der Waals surface area contributed by atoms with Crippen molar-refractivity contribution in [3.05, 3.63) is 0 Å². The molecule has 3 atom stereocenters. The molecule has 15 nitrogen and oxygen atoms in total. The van der Waals surface area contributed by atoms with Crippen molar-refractivity contribution in [3.63, 3.8) is 0 Å². The van der Waals surface area contributed by atoms with Crippen LogP contribution in [-0.4, -0.2) is 68.6 Å². The summed E-state index contributed by atoms with van der Waals surface area (Å²) >= 11 is 0. The van der Waals surface area contributed by atoms with Gasteiger partial charge in [0.2, 0.25) is 17.7 Å². The number of amides is 3. The van der Waals surface area contributed by atoms with Gasteiger partial charge in [0.25, 0.3) is 0 Å². The maximum atomic E-state index is 12.4. The molecule has 170 valence electrons. The van der Waals surface area contributed by atoms with Crippen molar-refractivity contribution in [2.24, 2.45) is 17.4 Å². The molecule has 17 heteroatoms. The van der Waals surface area contributed by atoms with Gasteiger partial charge in [-0.2, -0.15) is 0 Å². The third-order valence-corrected chi connectivity index (χ3v) is 4.14. The zero-order valence-electron chi connectivity index (χ0n) is 15.6. The molecule has 0 aromatic rings. The lowest BCUT2D eigenvalue weighted by molar-refractivity contribution is -0.132. The zero-order chi connectivity index (χ0) is 23.0. The van der Waals surface area contributed by atoms with E-state index >= 15 is 0 Å². The van der Waals surface area contributed by atoms with Crippen LogP contribution < -0.4 is 22.1 Å². The van der Waals surface area contributed by atoms with Crippen LogP contribution in [0.15, 0.2) is 0 Å². The van der Waals surface area contributed by atoms with E-state index in [9.17, 15) is 23.5 Å². The molecule has 0 aromatic carbocycles. The number of phosphoric acid groups is 2. The van der Waals surface area contributed by atoms with Crippen molar-refractivity contribution in [3.8, 4) is 0 Å². The molecular formula is C12H26N4O11P2. The van der Waals surface area contributed by atoms with E-state index in [1.165, 1.54) is 0 Å². The highest BCUT2D eigenvalue weighted by Gasteiger charge is 2.30. The molecule has 0 aliphatic heterocycles. The first-order valence-corrected chi connectivity index (χ1v) is 11.1. The number of hydrogen-bond donors (Lipinski definition) is 8.